The Balaban J connectivity index is 1.55. The topological polar surface area (TPSA) is 49.6 Å². The summed E-state index contributed by atoms with van der Waals surface area (Å²) in [6.07, 6.45) is 11.5. The number of benzene rings is 1. The standard InChI is InChI=1S/C24H31N3/c1-2-3-4-6-19-8-12-21(13-9-19)23-16-17-24(27-26-23)22-14-10-20(11-15-22)7-5-18-25/h8-9,12-13,16-17,20,22H,2-7,10-11,14-15H2,1H3/t20-,22-. The van der Waals surface area contributed by atoms with Crippen molar-refractivity contribution in [2.24, 2.45) is 5.92 Å². The van der Waals surface area contributed by atoms with Crippen molar-refractivity contribution < 1.29 is 0 Å². The number of rotatable bonds is 8. The van der Waals surface area contributed by atoms with Gasteiger partial charge in [0.2, 0.25) is 0 Å². The lowest BCUT2D eigenvalue weighted by Gasteiger charge is -2.27. The van der Waals surface area contributed by atoms with E-state index in [0.29, 0.717) is 12.3 Å². The Morgan fingerprint density at radius 3 is 2.37 bits per heavy atom. The van der Waals surface area contributed by atoms with E-state index < -0.39 is 0 Å². The molecule has 1 fully saturated rings. The summed E-state index contributed by atoms with van der Waals surface area (Å²) in [7, 11) is 0. The van der Waals surface area contributed by atoms with Crippen LogP contribution in [-0.4, -0.2) is 10.2 Å². The van der Waals surface area contributed by atoms with Gasteiger partial charge in [-0.25, -0.2) is 0 Å². The number of aromatic nitrogens is 2. The maximum atomic E-state index is 8.74. The highest BCUT2D eigenvalue weighted by atomic mass is 15.1. The molecular weight excluding hydrogens is 330 g/mol. The fraction of sp³-hybridized carbons (Fsp3) is 0.542. The van der Waals surface area contributed by atoms with Gasteiger partial charge in [0.1, 0.15) is 0 Å². The van der Waals surface area contributed by atoms with Gasteiger partial charge in [0.25, 0.3) is 0 Å². The first-order valence-electron chi connectivity index (χ1n) is 10.6. The van der Waals surface area contributed by atoms with Gasteiger partial charge in [-0.2, -0.15) is 15.5 Å². The smallest absolute Gasteiger partial charge is 0.0929 e. The molecule has 27 heavy (non-hydrogen) atoms. The molecule has 0 N–H and O–H groups in total. The summed E-state index contributed by atoms with van der Waals surface area (Å²) < 4.78 is 0. The van der Waals surface area contributed by atoms with Crippen LogP contribution in [0.15, 0.2) is 36.4 Å². The van der Waals surface area contributed by atoms with E-state index in [1.54, 1.807) is 0 Å². The van der Waals surface area contributed by atoms with Crippen molar-refractivity contribution in [2.45, 2.75) is 77.0 Å². The Bertz CT molecular complexity index is 720. The minimum atomic E-state index is 0.533. The van der Waals surface area contributed by atoms with Crippen LogP contribution >= 0.6 is 0 Å². The Kier molecular flexibility index (Phi) is 7.39. The monoisotopic (exact) mass is 361 g/mol. The molecule has 1 aliphatic carbocycles. The molecule has 3 rings (SSSR count). The second kappa shape index (κ2) is 10.2. The molecule has 142 valence electrons. The molecule has 1 saturated carbocycles. The summed E-state index contributed by atoms with van der Waals surface area (Å²) in [5, 5.41) is 17.8. The van der Waals surface area contributed by atoms with E-state index in [0.717, 1.165) is 35.7 Å². The molecule has 0 amide bonds. The third kappa shape index (κ3) is 5.63. The van der Waals surface area contributed by atoms with Crippen molar-refractivity contribution in [1.82, 2.24) is 10.2 Å². The summed E-state index contributed by atoms with van der Waals surface area (Å²) in [5.41, 5.74) is 4.65. The lowest BCUT2D eigenvalue weighted by molar-refractivity contribution is 0.309. The molecule has 3 nitrogen and oxygen atoms in total. The van der Waals surface area contributed by atoms with E-state index in [1.165, 1.54) is 50.5 Å². The lowest BCUT2D eigenvalue weighted by Crippen LogP contribution is -2.14. The van der Waals surface area contributed by atoms with Crippen LogP contribution in [-0.2, 0) is 6.42 Å². The highest BCUT2D eigenvalue weighted by molar-refractivity contribution is 5.58. The Morgan fingerprint density at radius 2 is 1.74 bits per heavy atom. The van der Waals surface area contributed by atoms with Crippen LogP contribution in [0.2, 0.25) is 0 Å². The number of nitrogens with zero attached hydrogens (tertiary/aromatic N) is 3. The summed E-state index contributed by atoms with van der Waals surface area (Å²) in [6.45, 7) is 2.24. The van der Waals surface area contributed by atoms with Gasteiger partial charge in [0.15, 0.2) is 0 Å². The second-order valence-electron chi connectivity index (χ2n) is 7.91. The number of hydrogen-bond donors (Lipinski definition) is 0. The zero-order valence-electron chi connectivity index (χ0n) is 16.5. The molecule has 0 bridgehead atoms. The van der Waals surface area contributed by atoms with Gasteiger partial charge in [0, 0.05) is 17.9 Å². The molecule has 2 aromatic rings. The number of hydrogen-bond acceptors (Lipinski definition) is 3. The van der Waals surface area contributed by atoms with Crippen molar-refractivity contribution >= 4 is 0 Å². The van der Waals surface area contributed by atoms with Crippen LogP contribution in [0, 0.1) is 17.2 Å². The van der Waals surface area contributed by atoms with E-state index in [2.05, 4.69) is 59.6 Å². The quantitative estimate of drug-likeness (QED) is 0.507. The fourth-order valence-electron chi connectivity index (χ4n) is 4.15. The maximum absolute atomic E-state index is 8.74. The molecule has 0 saturated heterocycles. The molecule has 1 aliphatic rings. The first kappa shape index (κ1) is 19.5. The Labute approximate surface area is 163 Å². The third-order valence-electron chi connectivity index (χ3n) is 5.93. The highest BCUT2D eigenvalue weighted by Crippen LogP contribution is 2.36. The predicted octanol–water partition coefficient (Wildman–Crippen LogP) is 6.45. The molecule has 0 atom stereocenters. The zero-order valence-corrected chi connectivity index (χ0v) is 16.5. The normalized spacial score (nSPS) is 19.6. The molecule has 0 spiro atoms. The number of unbranched alkanes of at least 4 members (excludes halogenated alkanes) is 2. The van der Waals surface area contributed by atoms with Gasteiger partial charge >= 0.3 is 0 Å². The van der Waals surface area contributed by atoms with Crippen LogP contribution in [0.5, 0.6) is 0 Å². The van der Waals surface area contributed by atoms with Crippen molar-refractivity contribution in [3.8, 4) is 17.3 Å². The molecule has 1 aromatic heterocycles. The molecule has 1 heterocycles. The SMILES string of the molecule is CCCCCc1ccc(-c2ccc([C@H]3CC[C@H](CCC#N)CC3)nn2)cc1. The average molecular weight is 362 g/mol. The molecular formula is C24H31N3. The molecule has 3 heteroatoms. The molecule has 0 unspecified atom stereocenters. The zero-order chi connectivity index (χ0) is 18.9. The van der Waals surface area contributed by atoms with Crippen molar-refractivity contribution in [3.05, 3.63) is 47.7 Å². The summed E-state index contributed by atoms with van der Waals surface area (Å²) in [6, 6.07) is 15.4. The van der Waals surface area contributed by atoms with Crippen LogP contribution in [0.25, 0.3) is 11.3 Å². The van der Waals surface area contributed by atoms with Crippen molar-refractivity contribution in [3.63, 3.8) is 0 Å². The summed E-state index contributed by atoms with van der Waals surface area (Å²) >= 11 is 0. The van der Waals surface area contributed by atoms with Crippen LogP contribution in [0.3, 0.4) is 0 Å². The average Bonchev–Trinajstić information content (AvgIpc) is 2.73. The number of aryl methyl sites for hydroxylation is 1. The van der Waals surface area contributed by atoms with Gasteiger partial charge in [0.05, 0.1) is 17.5 Å². The van der Waals surface area contributed by atoms with Crippen molar-refractivity contribution in [2.75, 3.05) is 0 Å². The van der Waals surface area contributed by atoms with Gasteiger partial charge in [-0.15, -0.1) is 0 Å². The largest absolute Gasteiger partial charge is 0.198 e. The predicted molar refractivity (Wildman–Crippen MR) is 110 cm³/mol. The van der Waals surface area contributed by atoms with Gasteiger partial charge in [-0.1, -0.05) is 44.0 Å². The van der Waals surface area contributed by atoms with Gasteiger partial charge < -0.3 is 0 Å². The molecule has 0 radical (unpaired) electrons. The van der Waals surface area contributed by atoms with Crippen molar-refractivity contribution in [1.29, 1.82) is 5.26 Å². The minimum absolute atomic E-state index is 0.533. The van der Waals surface area contributed by atoms with E-state index >= 15 is 0 Å². The van der Waals surface area contributed by atoms with Gasteiger partial charge in [-0.05, 0) is 68.6 Å². The Morgan fingerprint density at radius 1 is 0.963 bits per heavy atom. The van der Waals surface area contributed by atoms with Crippen LogP contribution in [0.4, 0.5) is 0 Å². The van der Waals surface area contributed by atoms with Crippen LogP contribution in [0.1, 0.15) is 81.9 Å². The maximum Gasteiger partial charge on any atom is 0.0929 e. The first-order chi connectivity index (χ1) is 13.3. The first-order valence-corrected chi connectivity index (χ1v) is 10.6. The van der Waals surface area contributed by atoms with E-state index in [9.17, 15) is 0 Å². The molecule has 0 aliphatic heterocycles. The lowest BCUT2D eigenvalue weighted by atomic mass is 9.79. The number of nitriles is 1. The minimum Gasteiger partial charge on any atom is -0.198 e. The van der Waals surface area contributed by atoms with Crippen LogP contribution < -0.4 is 0 Å². The van der Waals surface area contributed by atoms with E-state index in [4.69, 9.17) is 5.26 Å². The van der Waals surface area contributed by atoms with E-state index in [-0.39, 0.29) is 0 Å². The highest BCUT2D eigenvalue weighted by Gasteiger charge is 2.23. The second-order valence-corrected chi connectivity index (χ2v) is 7.91. The summed E-state index contributed by atoms with van der Waals surface area (Å²) in [5.74, 6) is 1.26. The Hall–Kier alpha value is -2.21. The third-order valence-corrected chi connectivity index (χ3v) is 5.93. The fourth-order valence-corrected chi connectivity index (χ4v) is 4.15. The van der Waals surface area contributed by atoms with E-state index in [1.807, 2.05) is 0 Å². The van der Waals surface area contributed by atoms with Gasteiger partial charge in [-0.3, -0.25) is 0 Å². The summed E-state index contributed by atoms with van der Waals surface area (Å²) in [4.78, 5) is 0. The molecule has 1 aromatic carbocycles.